The fraction of sp³-hybridized carbons (Fsp3) is 0.200. The van der Waals surface area contributed by atoms with Crippen molar-refractivity contribution in [3.63, 3.8) is 0 Å². The van der Waals surface area contributed by atoms with Crippen LogP contribution in [0.1, 0.15) is 38.8 Å². The number of rotatable bonds is 4. The highest BCUT2D eigenvalue weighted by atomic mass is 79.9. The molecule has 1 aromatic carbocycles. The lowest BCUT2D eigenvalue weighted by molar-refractivity contribution is 0.0963. The van der Waals surface area contributed by atoms with Gasteiger partial charge in [0, 0.05) is 33.6 Å². The zero-order valence-electron chi connectivity index (χ0n) is 14.7. The maximum Gasteiger partial charge on any atom is 0.253 e. The molecule has 140 valence electrons. The first kappa shape index (κ1) is 18.0. The summed E-state index contributed by atoms with van der Waals surface area (Å²) in [6.45, 7) is 0. The smallest absolute Gasteiger partial charge is 0.253 e. The Balaban J connectivity index is 1.40. The van der Waals surface area contributed by atoms with Gasteiger partial charge in [0.15, 0.2) is 5.78 Å². The molecular formula is C20H15BrN4OS2. The van der Waals surface area contributed by atoms with Crippen LogP contribution in [0.15, 0.2) is 57.6 Å². The van der Waals surface area contributed by atoms with Crippen LogP contribution in [0.3, 0.4) is 0 Å². The molecule has 3 heterocycles. The van der Waals surface area contributed by atoms with Crippen LogP contribution in [0.5, 0.6) is 0 Å². The van der Waals surface area contributed by atoms with Gasteiger partial charge in [-0.3, -0.25) is 4.79 Å². The van der Waals surface area contributed by atoms with Crippen molar-refractivity contribution in [3.05, 3.63) is 74.1 Å². The fourth-order valence-corrected chi connectivity index (χ4v) is 5.25. The van der Waals surface area contributed by atoms with E-state index in [4.69, 9.17) is 0 Å². The molecule has 0 N–H and O–H groups in total. The van der Waals surface area contributed by atoms with Crippen molar-refractivity contribution in [3.8, 4) is 0 Å². The second kappa shape index (κ2) is 7.42. The highest BCUT2D eigenvalue weighted by Gasteiger charge is 2.29. The molecule has 0 radical (unpaired) electrons. The predicted octanol–water partition coefficient (Wildman–Crippen LogP) is 5.15. The highest BCUT2D eigenvalue weighted by Crippen LogP contribution is 2.34. The van der Waals surface area contributed by atoms with E-state index in [0.29, 0.717) is 22.9 Å². The van der Waals surface area contributed by atoms with Crippen LogP contribution in [0, 0.1) is 0 Å². The second-order valence-corrected chi connectivity index (χ2v) is 9.54. The average molecular weight is 471 g/mol. The summed E-state index contributed by atoms with van der Waals surface area (Å²) in [6.07, 6.45) is 3.09. The molecule has 5 nitrogen and oxygen atoms in total. The molecule has 0 spiro atoms. The van der Waals surface area contributed by atoms with E-state index in [1.54, 1.807) is 33.8 Å². The largest absolute Gasteiger partial charge is 0.294 e. The molecule has 0 unspecified atom stereocenters. The molecule has 0 bridgehead atoms. The van der Waals surface area contributed by atoms with E-state index >= 15 is 0 Å². The molecular weight excluding hydrogens is 456 g/mol. The minimum absolute atomic E-state index is 0.133. The Hall–Kier alpha value is -2.03. The lowest BCUT2D eigenvalue weighted by Crippen LogP contribution is -2.20. The first-order valence-electron chi connectivity index (χ1n) is 8.86. The summed E-state index contributed by atoms with van der Waals surface area (Å²) in [7, 11) is 0. The molecule has 1 atom stereocenters. The Bertz CT molecular complexity index is 1160. The number of ketones is 1. The quantitative estimate of drug-likeness (QED) is 0.385. The third kappa shape index (κ3) is 3.52. The van der Waals surface area contributed by atoms with E-state index in [0.717, 1.165) is 22.3 Å². The van der Waals surface area contributed by atoms with Gasteiger partial charge < -0.3 is 0 Å². The Morgan fingerprint density at radius 1 is 1.18 bits per heavy atom. The van der Waals surface area contributed by atoms with Crippen LogP contribution in [0.25, 0.3) is 5.78 Å². The Morgan fingerprint density at radius 2 is 2.04 bits per heavy atom. The molecule has 1 aliphatic rings. The summed E-state index contributed by atoms with van der Waals surface area (Å²) in [4.78, 5) is 23.1. The van der Waals surface area contributed by atoms with Gasteiger partial charge in [-0.1, -0.05) is 45.9 Å². The summed E-state index contributed by atoms with van der Waals surface area (Å²) in [5, 5.41) is 7.23. The number of benzene rings is 1. The fourth-order valence-electron chi connectivity index (χ4n) is 3.38. The summed E-state index contributed by atoms with van der Waals surface area (Å²) < 4.78 is 2.69. The van der Waals surface area contributed by atoms with Gasteiger partial charge in [-0.05, 0) is 35.6 Å². The van der Waals surface area contributed by atoms with Gasteiger partial charge in [-0.25, -0.2) is 9.50 Å². The van der Waals surface area contributed by atoms with Gasteiger partial charge in [0.25, 0.3) is 5.78 Å². The molecule has 0 aliphatic heterocycles. The zero-order valence-corrected chi connectivity index (χ0v) is 17.9. The highest BCUT2D eigenvalue weighted by molar-refractivity contribution is 9.10. The number of halogens is 1. The van der Waals surface area contributed by atoms with Crippen LogP contribution in [0.2, 0.25) is 0 Å². The van der Waals surface area contributed by atoms with Crippen molar-refractivity contribution in [1.82, 2.24) is 19.6 Å². The van der Waals surface area contributed by atoms with Gasteiger partial charge in [-0.2, -0.15) is 4.98 Å². The van der Waals surface area contributed by atoms with E-state index in [-0.39, 0.29) is 11.7 Å². The first-order valence-corrected chi connectivity index (χ1v) is 11.5. The molecule has 8 heteroatoms. The lowest BCUT2D eigenvalue weighted by Gasteiger charge is -2.21. The topological polar surface area (TPSA) is 60.2 Å². The molecule has 3 aromatic heterocycles. The third-order valence-corrected chi connectivity index (χ3v) is 7.26. The number of aromatic nitrogens is 4. The number of Topliss-reactive ketones (excluding diaryl/α,β-unsaturated/α-hetero) is 1. The minimum atomic E-state index is 0.133. The van der Waals surface area contributed by atoms with Crippen molar-refractivity contribution in [2.75, 3.05) is 0 Å². The zero-order chi connectivity index (χ0) is 19.1. The maximum absolute atomic E-state index is 12.7. The van der Waals surface area contributed by atoms with Crippen LogP contribution in [-0.4, -0.2) is 25.4 Å². The summed E-state index contributed by atoms with van der Waals surface area (Å²) in [5.41, 5.74) is 2.71. The number of thiophene rings is 1. The maximum atomic E-state index is 12.7. The second-order valence-electron chi connectivity index (χ2n) is 6.70. The van der Waals surface area contributed by atoms with Gasteiger partial charge in [-0.15, -0.1) is 16.4 Å². The summed E-state index contributed by atoms with van der Waals surface area (Å²) in [6, 6.07) is 12.3. The van der Waals surface area contributed by atoms with Crippen molar-refractivity contribution in [2.24, 2.45) is 0 Å². The van der Waals surface area contributed by atoms with E-state index in [1.807, 2.05) is 18.2 Å². The summed E-state index contributed by atoms with van der Waals surface area (Å²) in [5.74, 6) is 1.68. The lowest BCUT2D eigenvalue weighted by atomic mass is 9.86. The van der Waals surface area contributed by atoms with E-state index < -0.39 is 0 Å². The van der Waals surface area contributed by atoms with Crippen molar-refractivity contribution in [2.45, 2.75) is 29.7 Å². The number of hydrogen-bond acceptors (Lipinski definition) is 6. The molecule has 28 heavy (non-hydrogen) atoms. The normalized spacial score (nSPS) is 16.5. The Morgan fingerprint density at radius 3 is 2.82 bits per heavy atom. The molecule has 0 saturated heterocycles. The molecule has 0 amide bonds. The third-order valence-electron chi connectivity index (χ3n) is 4.79. The average Bonchev–Trinajstić information content (AvgIpc) is 3.35. The van der Waals surface area contributed by atoms with E-state index in [1.165, 1.54) is 10.4 Å². The number of carbonyl (C=O) groups is 1. The van der Waals surface area contributed by atoms with Crippen LogP contribution in [-0.2, 0) is 12.2 Å². The molecule has 1 aliphatic carbocycles. The van der Waals surface area contributed by atoms with Gasteiger partial charge in [0.05, 0.1) is 11.3 Å². The summed E-state index contributed by atoms with van der Waals surface area (Å²) >= 11 is 6.71. The van der Waals surface area contributed by atoms with Crippen molar-refractivity contribution < 1.29 is 4.79 Å². The predicted molar refractivity (Wildman–Crippen MR) is 114 cm³/mol. The van der Waals surface area contributed by atoms with Gasteiger partial charge in [0.2, 0.25) is 5.16 Å². The monoisotopic (exact) mass is 470 g/mol. The molecule has 0 fully saturated rings. The van der Waals surface area contributed by atoms with Crippen LogP contribution < -0.4 is 0 Å². The van der Waals surface area contributed by atoms with Crippen molar-refractivity contribution in [1.29, 1.82) is 0 Å². The molecule has 0 saturated carbocycles. The van der Waals surface area contributed by atoms with Gasteiger partial charge >= 0.3 is 0 Å². The SMILES string of the molecule is O=C1C[C@@H](c2cccs2)Cc2nc3nc(SCc4ccc(Br)cc4)nn3cc21. The van der Waals surface area contributed by atoms with E-state index in [9.17, 15) is 4.79 Å². The van der Waals surface area contributed by atoms with Gasteiger partial charge in [0.1, 0.15) is 0 Å². The Labute approximate surface area is 178 Å². The number of thioether (sulfide) groups is 1. The molecule has 4 aromatic rings. The van der Waals surface area contributed by atoms with Crippen LogP contribution in [0.4, 0.5) is 0 Å². The number of carbonyl (C=O) groups excluding carboxylic acids is 1. The first-order chi connectivity index (χ1) is 13.7. The number of nitrogens with zero attached hydrogens (tertiary/aromatic N) is 4. The van der Waals surface area contributed by atoms with Crippen molar-refractivity contribution >= 4 is 50.6 Å². The molecule has 5 rings (SSSR count). The minimum Gasteiger partial charge on any atom is -0.294 e. The van der Waals surface area contributed by atoms with Crippen LogP contribution >= 0.6 is 39.0 Å². The standard InChI is InChI=1S/C20H15BrN4OS2/c21-14-5-3-12(4-6-14)11-28-20-23-19-22-16-8-13(18-2-1-7-27-18)9-17(26)15(16)10-25(19)24-20/h1-7,10,13H,8-9,11H2/t13-/m0/s1. The number of fused-ring (bicyclic) bond motifs is 2. The number of hydrogen-bond donors (Lipinski definition) is 0. The van der Waals surface area contributed by atoms with E-state index in [2.05, 4.69) is 54.6 Å². The Kier molecular flexibility index (Phi) is 4.78.